The molecule has 1 amide bonds. The minimum atomic E-state index is -0.246. The third kappa shape index (κ3) is 3.74. The lowest BCUT2D eigenvalue weighted by molar-refractivity contribution is -0.142. The van der Waals surface area contributed by atoms with Crippen LogP contribution in [0.4, 0.5) is 0 Å². The van der Waals surface area contributed by atoms with E-state index in [0.717, 1.165) is 6.42 Å². The Hall–Kier alpha value is -1.10. The second kappa shape index (κ2) is 5.59. The maximum Gasteiger partial charge on any atom is 0.319 e. The maximum absolute atomic E-state index is 11.0. The van der Waals surface area contributed by atoms with Gasteiger partial charge >= 0.3 is 5.97 Å². The van der Waals surface area contributed by atoms with Gasteiger partial charge in [-0.05, 0) is 13.3 Å². The van der Waals surface area contributed by atoms with Gasteiger partial charge in [-0.2, -0.15) is 0 Å². The molecule has 1 rings (SSSR count). The smallest absolute Gasteiger partial charge is 0.319 e. The van der Waals surface area contributed by atoms with E-state index in [1.807, 2.05) is 0 Å². The predicted molar refractivity (Wildman–Crippen MR) is 50.7 cm³/mol. The van der Waals surface area contributed by atoms with E-state index in [1.54, 1.807) is 6.92 Å². The molecule has 2 N–H and O–H groups in total. The van der Waals surface area contributed by atoms with E-state index < -0.39 is 0 Å². The lowest BCUT2D eigenvalue weighted by Crippen LogP contribution is -2.47. The molecule has 0 aromatic heterocycles. The molecule has 0 aliphatic carbocycles. The Morgan fingerprint density at radius 2 is 2.50 bits per heavy atom. The van der Waals surface area contributed by atoms with Gasteiger partial charge in [0.2, 0.25) is 5.91 Å². The largest absolute Gasteiger partial charge is 0.465 e. The average Bonchev–Trinajstić information content (AvgIpc) is 2.17. The van der Waals surface area contributed by atoms with Gasteiger partial charge in [-0.1, -0.05) is 0 Å². The predicted octanol–water partition coefficient (Wildman–Crippen LogP) is -0.582. The van der Waals surface area contributed by atoms with Crippen molar-refractivity contribution in [2.45, 2.75) is 25.8 Å². The lowest BCUT2D eigenvalue weighted by Gasteiger charge is -2.22. The minimum absolute atomic E-state index is 0.0826. The molecule has 0 saturated carbocycles. The van der Waals surface area contributed by atoms with Crippen molar-refractivity contribution in [3.05, 3.63) is 0 Å². The number of piperidine rings is 1. The number of nitrogens with one attached hydrogen (secondary N) is 2. The zero-order valence-corrected chi connectivity index (χ0v) is 8.34. The van der Waals surface area contributed by atoms with Crippen LogP contribution in [0.25, 0.3) is 0 Å². The Morgan fingerprint density at radius 1 is 1.71 bits per heavy atom. The van der Waals surface area contributed by atoms with Gasteiger partial charge in [-0.3, -0.25) is 9.59 Å². The molecule has 1 fully saturated rings. The van der Waals surface area contributed by atoms with E-state index in [-0.39, 0.29) is 24.5 Å². The van der Waals surface area contributed by atoms with Gasteiger partial charge in [0.05, 0.1) is 13.2 Å². The van der Waals surface area contributed by atoms with Crippen molar-refractivity contribution in [3.8, 4) is 0 Å². The summed E-state index contributed by atoms with van der Waals surface area (Å²) in [6.07, 6.45) is 1.31. The summed E-state index contributed by atoms with van der Waals surface area (Å²) in [7, 11) is 0. The molecule has 1 saturated heterocycles. The number of carbonyl (C=O) groups is 2. The van der Waals surface area contributed by atoms with Crippen LogP contribution in [0.1, 0.15) is 19.8 Å². The SMILES string of the molecule is CCOC(=O)CNC1CCC(=O)NC1. The number of ether oxygens (including phenoxy) is 1. The number of hydrogen-bond donors (Lipinski definition) is 2. The fraction of sp³-hybridized carbons (Fsp3) is 0.778. The molecule has 0 aromatic rings. The highest BCUT2D eigenvalue weighted by molar-refractivity contribution is 5.76. The van der Waals surface area contributed by atoms with Crippen LogP contribution in [0.2, 0.25) is 0 Å². The van der Waals surface area contributed by atoms with E-state index in [2.05, 4.69) is 10.6 Å². The summed E-state index contributed by atoms with van der Waals surface area (Å²) in [5, 5.41) is 5.77. The molecule has 1 heterocycles. The van der Waals surface area contributed by atoms with Crippen molar-refractivity contribution in [1.82, 2.24) is 10.6 Å². The molecule has 0 spiro atoms. The van der Waals surface area contributed by atoms with E-state index >= 15 is 0 Å². The van der Waals surface area contributed by atoms with Gasteiger partial charge in [0.1, 0.15) is 0 Å². The Labute approximate surface area is 83.2 Å². The first-order chi connectivity index (χ1) is 6.72. The molecule has 0 bridgehead atoms. The van der Waals surface area contributed by atoms with Crippen LogP contribution in [-0.2, 0) is 14.3 Å². The van der Waals surface area contributed by atoms with Gasteiger partial charge in [-0.15, -0.1) is 0 Å². The third-order valence-electron chi connectivity index (χ3n) is 2.11. The Kier molecular flexibility index (Phi) is 4.39. The third-order valence-corrected chi connectivity index (χ3v) is 2.11. The molecule has 1 atom stereocenters. The highest BCUT2D eigenvalue weighted by Gasteiger charge is 2.17. The van der Waals surface area contributed by atoms with Gasteiger partial charge in [-0.25, -0.2) is 0 Å². The first-order valence-electron chi connectivity index (χ1n) is 4.88. The molecular weight excluding hydrogens is 184 g/mol. The summed E-state index contributed by atoms with van der Waals surface area (Å²) >= 11 is 0. The fourth-order valence-electron chi connectivity index (χ4n) is 1.35. The van der Waals surface area contributed by atoms with Crippen molar-refractivity contribution in [1.29, 1.82) is 0 Å². The van der Waals surface area contributed by atoms with Crippen LogP contribution in [0.15, 0.2) is 0 Å². The molecule has 0 aromatic carbocycles. The summed E-state index contributed by atoms with van der Waals surface area (Å²) in [4.78, 5) is 21.8. The van der Waals surface area contributed by atoms with Gasteiger partial charge in [0.15, 0.2) is 0 Å². The second-order valence-electron chi connectivity index (χ2n) is 3.23. The fourth-order valence-corrected chi connectivity index (χ4v) is 1.35. The topological polar surface area (TPSA) is 67.4 Å². The number of esters is 1. The molecule has 0 radical (unpaired) electrons. The molecular formula is C9H16N2O3. The number of carbonyl (C=O) groups excluding carboxylic acids is 2. The summed E-state index contributed by atoms with van der Waals surface area (Å²) in [6.45, 7) is 2.99. The summed E-state index contributed by atoms with van der Waals surface area (Å²) in [6, 6.07) is 0.192. The normalized spacial score (nSPS) is 21.5. The highest BCUT2D eigenvalue weighted by Crippen LogP contribution is 2.01. The first kappa shape index (κ1) is 11.0. The number of rotatable bonds is 4. The van der Waals surface area contributed by atoms with Gasteiger partial charge in [0, 0.05) is 19.0 Å². The quantitative estimate of drug-likeness (QED) is 0.596. The lowest BCUT2D eigenvalue weighted by atomic mass is 10.1. The van der Waals surface area contributed by atoms with Crippen molar-refractivity contribution in [2.24, 2.45) is 0 Å². The zero-order chi connectivity index (χ0) is 10.4. The molecule has 1 aliphatic heterocycles. The second-order valence-corrected chi connectivity index (χ2v) is 3.23. The van der Waals surface area contributed by atoms with E-state index in [9.17, 15) is 9.59 Å². The Balaban J connectivity index is 2.12. The van der Waals surface area contributed by atoms with Crippen LogP contribution in [-0.4, -0.2) is 37.6 Å². The molecule has 1 unspecified atom stereocenters. The van der Waals surface area contributed by atoms with Crippen LogP contribution in [0.5, 0.6) is 0 Å². The van der Waals surface area contributed by atoms with Crippen LogP contribution in [0.3, 0.4) is 0 Å². The van der Waals surface area contributed by atoms with Crippen molar-refractivity contribution in [2.75, 3.05) is 19.7 Å². The molecule has 14 heavy (non-hydrogen) atoms. The zero-order valence-electron chi connectivity index (χ0n) is 8.34. The standard InChI is InChI=1S/C9H16N2O3/c1-2-14-9(13)6-10-7-3-4-8(12)11-5-7/h7,10H,2-6H2,1H3,(H,11,12). The van der Waals surface area contributed by atoms with Crippen molar-refractivity contribution < 1.29 is 14.3 Å². The summed E-state index contributed by atoms with van der Waals surface area (Å²) < 4.78 is 4.77. The van der Waals surface area contributed by atoms with Crippen LogP contribution in [0, 0.1) is 0 Å². The van der Waals surface area contributed by atoms with E-state index in [0.29, 0.717) is 19.6 Å². The van der Waals surface area contributed by atoms with Gasteiger partial charge in [0.25, 0.3) is 0 Å². The van der Waals surface area contributed by atoms with Gasteiger partial charge < -0.3 is 15.4 Å². The average molecular weight is 200 g/mol. The highest BCUT2D eigenvalue weighted by atomic mass is 16.5. The number of hydrogen-bond acceptors (Lipinski definition) is 4. The minimum Gasteiger partial charge on any atom is -0.465 e. The molecule has 80 valence electrons. The van der Waals surface area contributed by atoms with Crippen LogP contribution >= 0.6 is 0 Å². The maximum atomic E-state index is 11.0. The van der Waals surface area contributed by atoms with Crippen molar-refractivity contribution in [3.63, 3.8) is 0 Å². The first-order valence-corrected chi connectivity index (χ1v) is 4.88. The Bertz CT molecular complexity index is 208. The van der Waals surface area contributed by atoms with E-state index in [1.165, 1.54) is 0 Å². The molecule has 5 nitrogen and oxygen atoms in total. The Morgan fingerprint density at radius 3 is 3.07 bits per heavy atom. The van der Waals surface area contributed by atoms with E-state index in [4.69, 9.17) is 4.74 Å². The van der Waals surface area contributed by atoms with Crippen LogP contribution < -0.4 is 10.6 Å². The molecule has 1 aliphatic rings. The monoisotopic (exact) mass is 200 g/mol. The molecule has 5 heteroatoms. The summed E-state index contributed by atoms with van der Waals surface area (Å²) in [5.74, 6) is -0.163. The summed E-state index contributed by atoms with van der Waals surface area (Å²) in [5.41, 5.74) is 0. The van der Waals surface area contributed by atoms with Crippen molar-refractivity contribution >= 4 is 11.9 Å². The number of amides is 1.